The molecule has 0 aliphatic carbocycles. The molecule has 5 nitrogen and oxygen atoms in total. The molecular weight excluding hydrogens is 287 g/mol. The second-order valence-electron chi connectivity index (χ2n) is 4.78. The number of nitrogens with zero attached hydrogens (tertiary/aromatic N) is 1. The van der Waals surface area contributed by atoms with E-state index < -0.39 is 12.8 Å². The molecule has 1 fully saturated rings. The quantitative estimate of drug-likeness (QED) is 0.894. The van der Waals surface area contributed by atoms with Crippen molar-refractivity contribution >= 4 is 11.6 Å². The summed E-state index contributed by atoms with van der Waals surface area (Å²) in [6, 6.07) is 2.51. The van der Waals surface area contributed by atoms with E-state index in [1.165, 1.54) is 18.3 Å². The monoisotopic (exact) mass is 303 g/mol. The van der Waals surface area contributed by atoms with Crippen molar-refractivity contribution in [1.29, 1.82) is 0 Å². The van der Waals surface area contributed by atoms with E-state index in [4.69, 9.17) is 0 Å². The van der Waals surface area contributed by atoms with Gasteiger partial charge in [0, 0.05) is 6.07 Å². The highest BCUT2D eigenvalue weighted by Crippen LogP contribution is 2.18. The summed E-state index contributed by atoms with van der Waals surface area (Å²) in [6.45, 7) is -0.585. The van der Waals surface area contributed by atoms with Crippen molar-refractivity contribution in [1.82, 2.24) is 10.3 Å². The predicted molar refractivity (Wildman–Crippen MR) is 70.1 cm³/mol. The maximum absolute atomic E-state index is 12.0. The Morgan fingerprint density at radius 1 is 1.43 bits per heavy atom. The number of hydrogen-bond donors (Lipinski definition) is 2. The SMILES string of the molecule is O=C(Nc1ccc(OCC(F)(F)F)nc1)[C@@H]1CCCCN1. The van der Waals surface area contributed by atoms with Gasteiger partial charge in [-0.25, -0.2) is 4.98 Å². The van der Waals surface area contributed by atoms with Gasteiger partial charge in [-0.05, 0) is 25.5 Å². The Morgan fingerprint density at radius 3 is 2.81 bits per heavy atom. The van der Waals surface area contributed by atoms with Gasteiger partial charge in [-0.3, -0.25) is 4.79 Å². The summed E-state index contributed by atoms with van der Waals surface area (Å²) in [5.41, 5.74) is 0.423. The second-order valence-corrected chi connectivity index (χ2v) is 4.78. The molecule has 0 spiro atoms. The molecule has 1 atom stereocenters. The highest BCUT2D eigenvalue weighted by molar-refractivity contribution is 5.94. The molecule has 1 amide bonds. The van der Waals surface area contributed by atoms with Crippen LogP contribution in [-0.4, -0.2) is 36.3 Å². The number of carbonyl (C=O) groups excluding carboxylic acids is 1. The lowest BCUT2D eigenvalue weighted by atomic mass is 10.0. The molecule has 1 aliphatic heterocycles. The van der Waals surface area contributed by atoms with Gasteiger partial charge in [-0.15, -0.1) is 0 Å². The fourth-order valence-electron chi connectivity index (χ4n) is 2.00. The Morgan fingerprint density at radius 2 is 2.24 bits per heavy atom. The molecule has 21 heavy (non-hydrogen) atoms. The largest absolute Gasteiger partial charge is 0.468 e. The highest BCUT2D eigenvalue weighted by atomic mass is 19.4. The third-order valence-electron chi connectivity index (χ3n) is 3.01. The van der Waals surface area contributed by atoms with Crippen LogP contribution in [0.2, 0.25) is 0 Å². The fourth-order valence-corrected chi connectivity index (χ4v) is 2.00. The van der Waals surface area contributed by atoms with E-state index in [1.54, 1.807) is 0 Å². The lowest BCUT2D eigenvalue weighted by molar-refractivity contribution is -0.154. The van der Waals surface area contributed by atoms with Gasteiger partial charge in [0.25, 0.3) is 0 Å². The maximum atomic E-state index is 12.0. The number of hydrogen-bond acceptors (Lipinski definition) is 4. The van der Waals surface area contributed by atoms with Gasteiger partial charge in [0.1, 0.15) is 0 Å². The standard InChI is InChI=1S/C13H16F3N3O2/c14-13(15,16)8-21-11-5-4-9(7-18-11)19-12(20)10-3-1-2-6-17-10/h4-5,7,10,17H,1-3,6,8H2,(H,19,20)/t10-/m0/s1. The molecule has 1 aliphatic rings. The normalized spacial score (nSPS) is 19.1. The number of alkyl halides is 3. The van der Waals surface area contributed by atoms with E-state index in [1.807, 2.05) is 0 Å². The average molecular weight is 303 g/mol. The van der Waals surface area contributed by atoms with Crippen molar-refractivity contribution in [3.05, 3.63) is 18.3 Å². The number of piperidine rings is 1. The van der Waals surface area contributed by atoms with E-state index in [0.29, 0.717) is 5.69 Å². The van der Waals surface area contributed by atoms with E-state index in [0.717, 1.165) is 25.8 Å². The lowest BCUT2D eigenvalue weighted by Gasteiger charge is -2.22. The Labute approximate surface area is 119 Å². The van der Waals surface area contributed by atoms with Crippen molar-refractivity contribution in [2.45, 2.75) is 31.5 Å². The lowest BCUT2D eigenvalue weighted by Crippen LogP contribution is -2.43. The minimum Gasteiger partial charge on any atom is -0.468 e. The molecular formula is C13H16F3N3O2. The van der Waals surface area contributed by atoms with Gasteiger partial charge in [-0.1, -0.05) is 6.42 Å². The number of anilines is 1. The maximum Gasteiger partial charge on any atom is 0.422 e. The van der Waals surface area contributed by atoms with Gasteiger partial charge >= 0.3 is 6.18 Å². The summed E-state index contributed by atoms with van der Waals surface area (Å²) >= 11 is 0. The summed E-state index contributed by atoms with van der Waals surface area (Å²) in [4.78, 5) is 15.7. The number of amides is 1. The molecule has 0 bridgehead atoms. The second kappa shape index (κ2) is 6.75. The van der Waals surface area contributed by atoms with E-state index in [2.05, 4.69) is 20.4 Å². The van der Waals surface area contributed by atoms with E-state index >= 15 is 0 Å². The molecule has 0 unspecified atom stereocenters. The molecule has 1 aromatic rings. The number of aromatic nitrogens is 1. The third kappa shape index (κ3) is 5.22. The smallest absolute Gasteiger partial charge is 0.422 e. The average Bonchev–Trinajstić information content (AvgIpc) is 2.46. The van der Waals surface area contributed by atoms with Crippen LogP contribution < -0.4 is 15.4 Å². The van der Waals surface area contributed by atoms with Crippen LogP contribution in [0.25, 0.3) is 0 Å². The molecule has 8 heteroatoms. The van der Waals surface area contributed by atoms with Crippen molar-refractivity contribution in [3.8, 4) is 5.88 Å². The van der Waals surface area contributed by atoms with Crippen LogP contribution in [0.4, 0.5) is 18.9 Å². The number of nitrogens with one attached hydrogen (secondary N) is 2. The first-order chi connectivity index (χ1) is 9.94. The van der Waals surface area contributed by atoms with Crippen LogP contribution in [-0.2, 0) is 4.79 Å². The van der Waals surface area contributed by atoms with Crippen LogP contribution in [0.15, 0.2) is 18.3 Å². The number of carbonyl (C=O) groups is 1. The molecule has 1 aromatic heterocycles. The molecule has 0 radical (unpaired) electrons. The van der Waals surface area contributed by atoms with Crippen LogP contribution >= 0.6 is 0 Å². The number of pyridine rings is 1. The van der Waals surface area contributed by atoms with Gasteiger partial charge in [0.15, 0.2) is 6.61 Å². The summed E-state index contributed by atoms with van der Waals surface area (Å²) < 4.78 is 40.4. The number of rotatable bonds is 4. The van der Waals surface area contributed by atoms with Crippen LogP contribution in [0.5, 0.6) is 5.88 Å². The summed E-state index contributed by atoms with van der Waals surface area (Å²) in [7, 11) is 0. The number of ether oxygens (including phenoxy) is 1. The summed E-state index contributed by atoms with van der Waals surface area (Å²) in [5.74, 6) is -0.304. The van der Waals surface area contributed by atoms with Crippen molar-refractivity contribution < 1.29 is 22.7 Å². The van der Waals surface area contributed by atoms with Crippen LogP contribution in [0.3, 0.4) is 0 Å². The Bertz CT molecular complexity index is 471. The topological polar surface area (TPSA) is 63.2 Å². The Hall–Kier alpha value is -1.83. The van der Waals surface area contributed by atoms with Crippen molar-refractivity contribution in [3.63, 3.8) is 0 Å². The van der Waals surface area contributed by atoms with Crippen molar-refractivity contribution in [2.24, 2.45) is 0 Å². The van der Waals surface area contributed by atoms with Crippen LogP contribution in [0, 0.1) is 0 Å². The molecule has 0 saturated carbocycles. The first-order valence-corrected chi connectivity index (χ1v) is 6.64. The highest BCUT2D eigenvalue weighted by Gasteiger charge is 2.28. The minimum atomic E-state index is -4.40. The molecule has 2 rings (SSSR count). The summed E-state index contributed by atoms with van der Waals surface area (Å²) in [6.07, 6.45) is -0.316. The molecule has 116 valence electrons. The molecule has 2 N–H and O–H groups in total. The molecule has 1 saturated heterocycles. The summed E-state index contributed by atoms with van der Waals surface area (Å²) in [5, 5.41) is 5.77. The van der Waals surface area contributed by atoms with Gasteiger partial charge in [-0.2, -0.15) is 13.2 Å². The van der Waals surface area contributed by atoms with E-state index in [-0.39, 0.29) is 17.8 Å². The number of halogens is 3. The van der Waals surface area contributed by atoms with Crippen molar-refractivity contribution in [2.75, 3.05) is 18.5 Å². The fraction of sp³-hybridized carbons (Fsp3) is 0.538. The Balaban J connectivity index is 1.85. The first-order valence-electron chi connectivity index (χ1n) is 6.64. The Kier molecular flexibility index (Phi) is 5.00. The molecule has 0 aromatic carbocycles. The zero-order valence-corrected chi connectivity index (χ0v) is 11.2. The predicted octanol–water partition coefficient (Wildman–Crippen LogP) is 2.10. The zero-order valence-electron chi connectivity index (χ0n) is 11.2. The van der Waals surface area contributed by atoms with Gasteiger partial charge in [0.05, 0.1) is 17.9 Å². The first kappa shape index (κ1) is 15.6. The van der Waals surface area contributed by atoms with E-state index in [9.17, 15) is 18.0 Å². The van der Waals surface area contributed by atoms with Gasteiger partial charge < -0.3 is 15.4 Å². The van der Waals surface area contributed by atoms with Gasteiger partial charge in [0.2, 0.25) is 11.8 Å². The van der Waals surface area contributed by atoms with Crippen LogP contribution in [0.1, 0.15) is 19.3 Å². The third-order valence-corrected chi connectivity index (χ3v) is 3.01. The molecule has 2 heterocycles. The minimum absolute atomic E-state index is 0.138. The zero-order chi connectivity index (χ0) is 15.3.